The zero-order valence-corrected chi connectivity index (χ0v) is 11.2. The first kappa shape index (κ1) is 13.7. The van der Waals surface area contributed by atoms with Crippen molar-refractivity contribution < 1.29 is 15.3 Å². The van der Waals surface area contributed by atoms with E-state index in [4.69, 9.17) is 11.6 Å². The zero-order chi connectivity index (χ0) is 14.0. The molecule has 0 aliphatic heterocycles. The molecular weight excluding hydrogens is 264 g/mol. The molecule has 1 unspecified atom stereocenters. The summed E-state index contributed by atoms with van der Waals surface area (Å²) >= 11 is 5.95. The monoisotopic (exact) mass is 278 g/mol. The highest BCUT2D eigenvalue weighted by Gasteiger charge is 2.32. The maximum atomic E-state index is 10.9. The average molecular weight is 279 g/mol. The van der Waals surface area contributed by atoms with Crippen LogP contribution >= 0.6 is 11.6 Å². The molecule has 100 valence electrons. The Morgan fingerprint density at radius 1 is 1.11 bits per heavy atom. The van der Waals surface area contributed by atoms with Crippen molar-refractivity contribution in [1.82, 2.24) is 0 Å². The van der Waals surface area contributed by atoms with E-state index in [2.05, 4.69) is 0 Å². The molecule has 3 N–H and O–H groups in total. The molecule has 0 saturated heterocycles. The van der Waals surface area contributed by atoms with E-state index in [1.165, 1.54) is 18.2 Å². The van der Waals surface area contributed by atoms with Gasteiger partial charge >= 0.3 is 0 Å². The van der Waals surface area contributed by atoms with E-state index in [0.717, 1.165) is 0 Å². The molecule has 2 rings (SSSR count). The lowest BCUT2D eigenvalue weighted by atomic mass is 9.83. The Bertz CT molecular complexity index is 598. The molecular formula is C15H15ClO3. The molecule has 1 atom stereocenters. The lowest BCUT2D eigenvalue weighted by molar-refractivity contribution is 0.0738. The van der Waals surface area contributed by atoms with E-state index in [1.54, 1.807) is 24.3 Å². The number of hydrogen-bond acceptors (Lipinski definition) is 3. The number of phenolic OH excluding ortho intramolecular Hbond substituents is 2. The van der Waals surface area contributed by atoms with Crippen LogP contribution < -0.4 is 0 Å². The van der Waals surface area contributed by atoms with Crippen LogP contribution in [-0.2, 0) is 5.60 Å². The number of hydrogen-bond donors (Lipinski definition) is 3. The first-order valence-electron chi connectivity index (χ1n) is 5.98. The molecule has 0 amide bonds. The Morgan fingerprint density at radius 3 is 2.42 bits per heavy atom. The zero-order valence-electron chi connectivity index (χ0n) is 10.5. The molecule has 0 fully saturated rings. The summed E-state index contributed by atoms with van der Waals surface area (Å²) < 4.78 is 0. The maximum Gasteiger partial charge on any atom is 0.125 e. The van der Waals surface area contributed by atoms with Crippen molar-refractivity contribution in [2.75, 3.05) is 0 Å². The van der Waals surface area contributed by atoms with Crippen LogP contribution in [0.4, 0.5) is 0 Å². The molecule has 0 spiro atoms. The number of rotatable bonds is 3. The van der Waals surface area contributed by atoms with E-state index >= 15 is 0 Å². The molecule has 2 aromatic rings. The smallest absolute Gasteiger partial charge is 0.125 e. The van der Waals surface area contributed by atoms with Crippen LogP contribution in [-0.4, -0.2) is 15.3 Å². The van der Waals surface area contributed by atoms with Crippen LogP contribution in [0.15, 0.2) is 42.5 Å². The second-order valence-electron chi connectivity index (χ2n) is 4.43. The molecule has 0 radical (unpaired) electrons. The summed E-state index contributed by atoms with van der Waals surface area (Å²) in [7, 11) is 0. The molecule has 4 heteroatoms. The fraction of sp³-hybridized carbons (Fsp3) is 0.200. The van der Waals surface area contributed by atoms with Crippen molar-refractivity contribution in [2.45, 2.75) is 18.9 Å². The topological polar surface area (TPSA) is 60.7 Å². The minimum absolute atomic E-state index is 0.0502. The predicted octanol–water partition coefficient (Wildman–Crippen LogP) is 3.40. The van der Waals surface area contributed by atoms with Gasteiger partial charge in [0.25, 0.3) is 0 Å². The van der Waals surface area contributed by atoms with Crippen LogP contribution in [0.1, 0.15) is 24.5 Å². The highest BCUT2D eigenvalue weighted by atomic mass is 35.5. The van der Waals surface area contributed by atoms with Gasteiger partial charge in [0.1, 0.15) is 17.1 Å². The fourth-order valence-electron chi connectivity index (χ4n) is 2.17. The van der Waals surface area contributed by atoms with Gasteiger partial charge in [0.15, 0.2) is 0 Å². The third-order valence-electron chi connectivity index (χ3n) is 3.24. The highest BCUT2D eigenvalue weighted by Crippen LogP contribution is 2.39. The second kappa shape index (κ2) is 5.11. The molecule has 0 heterocycles. The van der Waals surface area contributed by atoms with Crippen molar-refractivity contribution in [3.05, 3.63) is 58.6 Å². The summed E-state index contributed by atoms with van der Waals surface area (Å²) in [5, 5.41) is 30.6. The molecule has 0 saturated carbocycles. The molecule has 2 aromatic carbocycles. The molecule has 0 aliphatic rings. The molecule has 0 aromatic heterocycles. The van der Waals surface area contributed by atoms with E-state index in [1.807, 2.05) is 6.92 Å². The fourth-order valence-corrected chi connectivity index (χ4v) is 2.36. The second-order valence-corrected chi connectivity index (χ2v) is 4.86. The van der Waals surface area contributed by atoms with Gasteiger partial charge in [0, 0.05) is 16.7 Å². The summed E-state index contributed by atoms with van der Waals surface area (Å²) in [4.78, 5) is 0. The van der Waals surface area contributed by atoms with E-state index in [-0.39, 0.29) is 11.5 Å². The van der Waals surface area contributed by atoms with Crippen molar-refractivity contribution in [3.8, 4) is 11.5 Å². The number of aliphatic hydroxyl groups is 1. The Kier molecular flexibility index (Phi) is 3.69. The lowest BCUT2D eigenvalue weighted by Gasteiger charge is -2.29. The van der Waals surface area contributed by atoms with Gasteiger partial charge < -0.3 is 15.3 Å². The third-order valence-corrected chi connectivity index (χ3v) is 3.48. The van der Waals surface area contributed by atoms with Crippen molar-refractivity contribution in [1.29, 1.82) is 0 Å². The van der Waals surface area contributed by atoms with Crippen LogP contribution in [0.25, 0.3) is 0 Å². The maximum absolute atomic E-state index is 10.9. The molecule has 19 heavy (non-hydrogen) atoms. The molecule has 3 nitrogen and oxygen atoms in total. The van der Waals surface area contributed by atoms with Crippen LogP contribution in [0.3, 0.4) is 0 Å². The Balaban J connectivity index is 2.59. The number of aromatic hydroxyl groups is 2. The number of halogens is 1. The summed E-state index contributed by atoms with van der Waals surface area (Å²) in [5.74, 6) is -0.199. The van der Waals surface area contributed by atoms with Crippen LogP contribution in [0, 0.1) is 0 Å². The Morgan fingerprint density at radius 2 is 1.84 bits per heavy atom. The van der Waals surface area contributed by atoms with E-state index in [9.17, 15) is 15.3 Å². The molecule has 0 aliphatic carbocycles. The number of benzene rings is 2. The highest BCUT2D eigenvalue weighted by molar-refractivity contribution is 6.30. The standard InChI is InChI=1S/C15H15ClO3/c1-2-15(19,10-4-3-5-11(16)8-10)13-7-6-12(17)9-14(13)18/h3-9,17-19H,2H2,1H3. The van der Waals surface area contributed by atoms with Crippen LogP contribution in [0.5, 0.6) is 11.5 Å². The van der Waals surface area contributed by atoms with Gasteiger partial charge in [0.2, 0.25) is 0 Å². The minimum atomic E-state index is -1.34. The van der Waals surface area contributed by atoms with E-state index < -0.39 is 5.60 Å². The number of phenols is 2. The summed E-state index contributed by atoms with van der Waals surface area (Å²) in [6.07, 6.45) is 0.367. The SMILES string of the molecule is CCC(O)(c1cccc(Cl)c1)c1ccc(O)cc1O. The summed E-state index contributed by atoms with van der Waals surface area (Å²) in [6.45, 7) is 1.81. The minimum Gasteiger partial charge on any atom is -0.508 e. The van der Waals surface area contributed by atoms with Crippen molar-refractivity contribution >= 4 is 11.6 Å². The van der Waals surface area contributed by atoms with Gasteiger partial charge in [-0.05, 0) is 36.2 Å². The van der Waals surface area contributed by atoms with Crippen molar-refractivity contribution in [2.24, 2.45) is 0 Å². The normalized spacial score (nSPS) is 14.1. The van der Waals surface area contributed by atoms with Crippen molar-refractivity contribution in [3.63, 3.8) is 0 Å². The first-order chi connectivity index (χ1) is 8.97. The Hall–Kier alpha value is -1.71. The average Bonchev–Trinajstić information content (AvgIpc) is 2.38. The van der Waals surface area contributed by atoms with Gasteiger partial charge in [0.05, 0.1) is 0 Å². The lowest BCUT2D eigenvalue weighted by Crippen LogP contribution is -2.26. The van der Waals surface area contributed by atoms with Gasteiger partial charge in [-0.3, -0.25) is 0 Å². The third kappa shape index (κ3) is 2.53. The van der Waals surface area contributed by atoms with Gasteiger partial charge in [-0.25, -0.2) is 0 Å². The first-order valence-corrected chi connectivity index (χ1v) is 6.36. The Labute approximate surface area is 116 Å². The quantitative estimate of drug-likeness (QED) is 0.806. The van der Waals surface area contributed by atoms with E-state index in [0.29, 0.717) is 22.6 Å². The largest absolute Gasteiger partial charge is 0.508 e. The molecule has 0 bridgehead atoms. The predicted molar refractivity (Wildman–Crippen MR) is 74.5 cm³/mol. The van der Waals surface area contributed by atoms with Gasteiger partial charge in [-0.15, -0.1) is 0 Å². The van der Waals surface area contributed by atoms with Gasteiger partial charge in [-0.2, -0.15) is 0 Å². The summed E-state index contributed by atoms with van der Waals surface area (Å²) in [6, 6.07) is 11.0. The van der Waals surface area contributed by atoms with Gasteiger partial charge in [-0.1, -0.05) is 30.7 Å². The van der Waals surface area contributed by atoms with Crippen LogP contribution in [0.2, 0.25) is 5.02 Å². The summed E-state index contributed by atoms with van der Waals surface area (Å²) in [5.41, 5.74) is -0.401.